The van der Waals surface area contributed by atoms with Crippen molar-refractivity contribution in [2.75, 3.05) is 26.7 Å². The number of nitrogens with one attached hydrogen (secondary N) is 2. The molecule has 120 valence electrons. The molecule has 2 unspecified atom stereocenters. The van der Waals surface area contributed by atoms with Crippen molar-refractivity contribution in [3.8, 4) is 0 Å². The van der Waals surface area contributed by atoms with Gasteiger partial charge in [0.25, 0.3) is 0 Å². The summed E-state index contributed by atoms with van der Waals surface area (Å²) in [7, 11) is 1.96. The lowest BCUT2D eigenvalue weighted by Gasteiger charge is -2.36. The number of hydrogen-bond acceptors (Lipinski definition) is 3. The molecular weight excluding hydrogens is 266 g/mol. The van der Waals surface area contributed by atoms with Crippen LogP contribution in [-0.2, 0) is 9.59 Å². The van der Waals surface area contributed by atoms with Crippen molar-refractivity contribution in [1.29, 1.82) is 0 Å². The molecule has 1 aliphatic carbocycles. The zero-order valence-electron chi connectivity index (χ0n) is 13.4. The minimum Gasteiger partial charge on any atom is -0.344 e. The van der Waals surface area contributed by atoms with Gasteiger partial charge < -0.3 is 15.5 Å². The number of nitrogens with zero attached hydrogens (tertiary/aromatic N) is 1. The summed E-state index contributed by atoms with van der Waals surface area (Å²) in [4.78, 5) is 26.3. The largest absolute Gasteiger partial charge is 0.344 e. The van der Waals surface area contributed by atoms with E-state index in [4.69, 9.17) is 0 Å². The Morgan fingerprint density at radius 1 is 1.19 bits per heavy atom. The number of carbonyl (C=O) groups excluding carboxylic acids is 2. The number of hydrogen-bond donors (Lipinski definition) is 2. The highest BCUT2D eigenvalue weighted by Crippen LogP contribution is 2.29. The van der Waals surface area contributed by atoms with Gasteiger partial charge in [-0.1, -0.05) is 12.8 Å². The Kier molecular flexibility index (Phi) is 6.03. The van der Waals surface area contributed by atoms with Crippen LogP contribution >= 0.6 is 0 Å². The van der Waals surface area contributed by atoms with E-state index >= 15 is 0 Å². The summed E-state index contributed by atoms with van der Waals surface area (Å²) in [5.41, 5.74) is 0. The highest BCUT2D eigenvalue weighted by Gasteiger charge is 2.35. The molecule has 5 heteroatoms. The van der Waals surface area contributed by atoms with Crippen LogP contribution in [-0.4, -0.2) is 49.4 Å². The molecule has 0 radical (unpaired) electrons. The molecule has 2 fully saturated rings. The highest BCUT2D eigenvalue weighted by molar-refractivity contribution is 5.87. The van der Waals surface area contributed by atoms with Gasteiger partial charge in [0.05, 0.1) is 0 Å². The molecule has 5 nitrogen and oxygen atoms in total. The van der Waals surface area contributed by atoms with E-state index in [1.165, 1.54) is 26.2 Å². The van der Waals surface area contributed by atoms with Gasteiger partial charge in [0, 0.05) is 20.0 Å². The van der Waals surface area contributed by atoms with E-state index in [-0.39, 0.29) is 17.9 Å². The molecule has 0 spiro atoms. The molecule has 2 aliphatic rings. The summed E-state index contributed by atoms with van der Waals surface area (Å²) in [6.45, 7) is 4.12. The Bertz CT molecular complexity index is 365. The molecular formula is C16H29N3O2. The zero-order valence-corrected chi connectivity index (χ0v) is 13.4. The predicted molar refractivity (Wildman–Crippen MR) is 82.8 cm³/mol. The maximum absolute atomic E-state index is 12.9. The van der Waals surface area contributed by atoms with Crippen LogP contribution in [0, 0.1) is 11.8 Å². The number of rotatable bonds is 5. The van der Waals surface area contributed by atoms with Crippen molar-refractivity contribution in [1.82, 2.24) is 15.5 Å². The van der Waals surface area contributed by atoms with Crippen LogP contribution < -0.4 is 10.6 Å². The Morgan fingerprint density at radius 3 is 2.52 bits per heavy atom. The lowest BCUT2D eigenvalue weighted by atomic mass is 9.93. The molecule has 0 aromatic carbocycles. The summed E-state index contributed by atoms with van der Waals surface area (Å²) in [6, 6.07) is -0.307. The highest BCUT2D eigenvalue weighted by atomic mass is 16.2. The van der Waals surface area contributed by atoms with Gasteiger partial charge in [0.1, 0.15) is 6.04 Å². The molecule has 1 heterocycles. The van der Waals surface area contributed by atoms with Crippen molar-refractivity contribution in [2.45, 2.75) is 51.5 Å². The fraction of sp³-hybridized carbons (Fsp3) is 0.875. The van der Waals surface area contributed by atoms with Gasteiger partial charge >= 0.3 is 0 Å². The van der Waals surface area contributed by atoms with Crippen molar-refractivity contribution in [3.05, 3.63) is 0 Å². The fourth-order valence-corrected chi connectivity index (χ4v) is 3.81. The number of carbonyl (C=O) groups is 2. The van der Waals surface area contributed by atoms with Crippen LogP contribution in [0.1, 0.15) is 45.4 Å². The first-order valence-electron chi connectivity index (χ1n) is 8.32. The van der Waals surface area contributed by atoms with Gasteiger partial charge in [-0.2, -0.15) is 0 Å². The van der Waals surface area contributed by atoms with Crippen LogP contribution in [0.15, 0.2) is 0 Å². The Hall–Kier alpha value is -1.10. The van der Waals surface area contributed by atoms with Gasteiger partial charge in [0.2, 0.25) is 11.8 Å². The topological polar surface area (TPSA) is 61.4 Å². The van der Waals surface area contributed by atoms with Crippen LogP contribution in [0.25, 0.3) is 0 Å². The smallest absolute Gasteiger partial charge is 0.245 e. The molecule has 2 N–H and O–H groups in total. The van der Waals surface area contributed by atoms with E-state index in [0.29, 0.717) is 11.8 Å². The van der Waals surface area contributed by atoms with E-state index < -0.39 is 0 Å². The summed E-state index contributed by atoms with van der Waals surface area (Å²) in [6.07, 6.45) is 6.72. The van der Waals surface area contributed by atoms with Crippen molar-refractivity contribution < 1.29 is 9.59 Å². The van der Waals surface area contributed by atoms with E-state index in [0.717, 1.165) is 38.9 Å². The minimum atomic E-state index is -0.307. The second-order valence-electron chi connectivity index (χ2n) is 6.57. The molecule has 0 aromatic rings. The van der Waals surface area contributed by atoms with Crippen molar-refractivity contribution >= 4 is 11.8 Å². The second-order valence-corrected chi connectivity index (χ2v) is 6.57. The minimum absolute atomic E-state index is 0.0935. The standard InChI is InChI=1S/C16H29N3O2/c1-12(20)18-15(14-7-3-4-8-14)16(21)19-9-5-6-13(11-19)10-17-2/h13-15,17H,3-11H2,1-2H3,(H,18,20). The van der Waals surface area contributed by atoms with Crippen molar-refractivity contribution in [2.24, 2.45) is 11.8 Å². The maximum Gasteiger partial charge on any atom is 0.245 e. The molecule has 0 bridgehead atoms. The normalized spacial score (nSPS) is 24.9. The quantitative estimate of drug-likeness (QED) is 0.799. The summed E-state index contributed by atoms with van der Waals surface area (Å²) >= 11 is 0. The number of likely N-dealkylation sites (tertiary alicyclic amines) is 1. The van der Waals surface area contributed by atoms with E-state index in [2.05, 4.69) is 10.6 Å². The van der Waals surface area contributed by atoms with E-state index in [1.807, 2.05) is 11.9 Å². The lowest BCUT2D eigenvalue weighted by Crippen LogP contribution is -2.54. The summed E-state index contributed by atoms with van der Waals surface area (Å²) in [5, 5.41) is 6.13. The van der Waals surface area contributed by atoms with Crippen LogP contribution in [0.5, 0.6) is 0 Å². The predicted octanol–water partition coefficient (Wildman–Crippen LogP) is 1.14. The Morgan fingerprint density at radius 2 is 1.90 bits per heavy atom. The van der Waals surface area contributed by atoms with Crippen molar-refractivity contribution in [3.63, 3.8) is 0 Å². The molecule has 2 amide bonds. The Labute approximate surface area is 127 Å². The van der Waals surface area contributed by atoms with E-state index in [9.17, 15) is 9.59 Å². The van der Waals surface area contributed by atoms with Gasteiger partial charge in [-0.3, -0.25) is 9.59 Å². The van der Waals surface area contributed by atoms with Crippen LogP contribution in [0.3, 0.4) is 0 Å². The van der Waals surface area contributed by atoms with Crippen LogP contribution in [0.2, 0.25) is 0 Å². The first-order valence-corrected chi connectivity index (χ1v) is 8.32. The molecule has 21 heavy (non-hydrogen) atoms. The molecule has 0 aromatic heterocycles. The zero-order chi connectivity index (χ0) is 15.2. The molecule has 1 saturated heterocycles. The van der Waals surface area contributed by atoms with Gasteiger partial charge in [-0.15, -0.1) is 0 Å². The average Bonchev–Trinajstić information content (AvgIpc) is 2.98. The Balaban J connectivity index is 2.00. The number of amides is 2. The first kappa shape index (κ1) is 16.3. The summed E-state index contributed by atoms with van der Waals surface area (Å²) < 4.78 is 0. The molecule has 2 rings (SSSR count). The van der Waals surface area contributed by atoms with Crippen LogP contribution in [0.4, 0.5) is 0 Å². The fourth-order valence-electron chi connectivity index (χ4n) is 3.81. The van der Waals surface area contributed by atoms with Gasteiger partial charge in [0.15, 0.2) is 0 Å². The third kappa shape index (κ3) is 4.43. The average molecular weight is 295 g/mol. The molecule has 2 atom stereocenters. The SMILES string of the molecule is CNCC1CCCN(C(=O)C(NC(C)=O)C2CCCC2)C1. The molecule has 1 saturated carbocycles. The second kappa shape index (κ2) is 7.78. The van der Waals surface area contributed by atoms with Gasteiger partial charge in [-0.05, 0) is 51.1 Å². The summed E-state index contributed by atoms with van der Waals surface area (Å²) in [5.74, 6) is 0.905. The maximum atomic E-state index is 12.9. The third-order valence-electron chi connectivity index (χ3n) is 4.82. The monoisotopic (exact) mass is 295 g/mol. The van der Waals surface area contributed by atoms with E-state index in [1.54, 1.807) is 0 Å². The van der Waals surface area contributed by atoms with Gasteiger partial charge in [-0.25, -0.2) is 0 Å². The number of piperidine rings is 1. The lowest BCUT2D eigenvalue weighted by molar-refractivity contribution is -0.139. The first-order chi connectivity index (χ1) is 10.1. The third-order valence-corrected chi connectivity index (χ3v) is 4.82. The molecule has 1 aliphatic heterocycles.